The zero-order chi connectivity index (χ0) is 13.8. The number of aryl methyl sites for hydroxylation is 1. The minimum Gasteiger partial charge on any atom is -0.358 e. The molecule has 1 aliphatic rings. The minimum atomic E-state index is -0.112. The van der Waals surface area contributed by atoms with Gasteiger partial charge in [0.05, 0.1) is 6.20 Å². The molecule has 0 aromatic carbocycles. The highest BCUT2D eigenvalue weighted by Gasteiger charge is 2.32. The van der Waals surface area contributed by atoms with Crippen molar-refractivity contribution in [2.45, 2.75) is 32.5 Å². The molecule has 2 N–H and O–H groups in total. The summed E-state index contributed by atoms with van der Waals surface area (Å²) >= 11 is 0. The second-order valence-corrected chi connectivity index (χ2v) is 4.88. The number of aromatic nitrogens is 2. The Morgan fingerprint density at radius 2 is 2.47 bits per heavy atom. The summed E-state index contributed by atoms with van der Waals surface area (Å²) in [6, 6.07) is 0.0865. The van der Waals surface area contributed by atoms with E-state index >= 15 is 0 Å². The van der Waals surface area contributed by atoms with E-state index in [1.807, 2.05) is 10.9 Å². The van der Waals surface area contributed by atoms with Gasteiger partial charge in [-0.25, -0.2) is 0 Å². The van der Waals surface area contributed by atoms with Gasteiger partial charge in [0, 0.05) is 51.0 Å². The van der Waals surface area contributed by atoms with Crippen molar-refractivity contribution in [2.75, 3.05) is 26.7 Å². The molecule has 2 rings (SSSR count). The van der Waals surface area contributed by atoms with Crippen LogP contribution in [-0.4, -0.2) is 53.3 Å². The predicted octanol–water partition coefficient (Wildman–Crippen LogP) is -0.0162. The molecule has 1 fully saturated rings. The second-order valence-electron chi connectivity index (χ2n) is 4.88. The molecule has 1 aliphatic heterocycles. The van der Waals surface area contributed by atoms with E-state index in [0.29, 0.717) is 6.54 Å². The number of carbonyl (C=O) groups excluding carboxylic acids is 1. The number of piperazine rings is 1. The van der Waals surface area contributed by atoms with E-state index in [-0.39, 0.29) is 18.0 Å². The number of hydrogen-bond acceptors (Lipinski definition) is 4. The molecule has 106 valence electrons. The highest BCUT2D eigenvalue weighted by molar-refractivity contribution is 5.81. The van der Waals surface area contributed by atoms with Crippen LogP contribution in [0.3, 0.4) is 0 Å². The fraction of sp³-hybridized carbons (Fsp3) is 0.692. The van der Waals surface area contributed by atoms with E-state index in [2.05, 4.69) is 40.7 Å². The van der Waals surface area contributed by atoms with Gasteiger partial charge in [0.25, 0.3) is 0 Å². The van der Waals surface area contributed by atoms with Crippen molar-refractivity contribution < 1.29 is 4.79 Å². The molecule has 2 atom stereocenters. The van der Waals surface area contributed by atoms with E-state index in [9.17, 15) is 4.79 Å². The average Bonchev–Trinajstić information content (AvgIpc) is 2.94. The molecule has 6 heteroatoms. The lowest BCUT2D eigenvalue weighted by Gasteiger charge is -2.38. The van der Waals surface area contributed by atoms with E-state index in [4.69, 9.17) is 0 Å². The Balaban J connectivity index is 2.14. The number of carbonyl (C=O) groups is 1. The largest absolute Gasteiger partial charge is 0.358 e. The van der Waals surface area contributed by atoms with E-state index in [1.165, 1.54) is 0 Å². The van der Waals surface area contributed by atoms with Crippen LogP contribution in [-0.2, 0) is 11.3 Å². The second kappa shape index (κ2) is 6.16. The molecule has 2 unspecified atom stereocenters. The lowest BCUT2D eigenvalue weighted by Crippen LogP contribution is -2.57. The van der Waals surface area contributed by atoms with Gasteiger partial charge < -0.3 is 10.6 Å². The molecule has 0 aliphatic carbocycles. The number of nitrogens with one attached hydrogen (secondary N) is 2. The smallest absolute Gasteiger partial charge is 0.238 e. The summed E-state index contributed by atoms with van der Waals surface area (Å²) in [4.78, 5) is 14.2. The summed E-state index contributed by atoms with van der Waals surface area (Å²) in [6.45, 7) is 7.56. The molecule has 1 aromatic heterocycles. The molecule has 1 aromatic rings. The average molecular weight is 265 g/mol. The molecule has 0 spiro atoms. The Labute approximate surface area is 114 Å². The SMILES string of the molecule is CCn1cc(C(C)N2CCNCC2C(=O)NC)cn1. The third-order valence-electron chi connectivity index (χ3n) is 3.79. The Morgan fingerprint density at radius 1 is 1.68 bits per heavy atom. The van der Waals surface area contributed by atoms with Crippen LogP contribution in [0.1, 0.15) is 25.5 Å². The van der Waals surface area contributed by atoms with Gasteiger partial charge in [-0.1, -0.05) is 0 Å². The summed E-state index contributed by atoms with van der Waals surface area (Å²) < 4.78 is 1.92. The summed E-state index contributed by atoms with van der Waals surface area (Å²) in [5.74, 6) is 0.0712. The standard InChI is InChI=1S/C13H23N5O/c1-4-17-9-11(7-16-17)10(2)18-6-5-15-8-12(18)13(19)14-3/h7,9-10,12,15H,4-6,8H2,1-3H3,(H,14,19). The third-order valence-corrected chi connectivity index (χ3v) is 3.79. The molecule has 19 heavy (non-hydrogen) atoms. The summed E-state index contributed by atoms with van der Waals surface area (Å²) in [7, 11) is 1.69. The van der Waals surface area contributed by atoms with Crippen molar-refractivity contribution in [1.29, 1.82) is 0 Å². The van der Waals surface area contributed by atoms with Gasteiger partial charge in [0.2, 0.25) is 5.91 Å². The molecule has 0 saturated carbocycles. The van der Waals surface area contributed by atoms with Crippen LogP contribution < -0.4 is 10.6 Å². The topological polar surface area (TPSA) is 62.2 Å². The lowest BCUT2D eigenvalue weighted by atomic mass is 10.1. The molecule has 1 saturated heterocycles. The Bertz CT molecular complexity index is 430. The fourth-order valence-corrected chi connectivity index (χ4v) is 2.55. The first-order valence-corrected chi connectivity index (χ1v) is 6.87. The van der Waals surface area contributed by atoms with Gasteiger partial charge in [-0.15, -0.1) is 0 Å². The highest BCUT2D eigenvalue weighted by atomic mass is 16.2. The fourth-order valence-electron chi connectivity index (χ4n) is 2.55. The maximum atomic E-state index is 12.0. The van der Waals surface area contributed by atoms with Crippen LogP contribution in [0.4, 0.5) is 0 Å². The first-order valence-electron chi connectivity index (χ1n) is 6.87. The van der Waals surface area contributed by atoms with Crippen molar-refractivity contribution in [3.8, 4) is 0 Å². The monoisotopic (exact) mass is 265 g/mol. The molecule has 0 radical (unpaired) electrons. The van der Waals surface area contributed by atoms with Crippen molar-refractivity contribution in [1.82, 2.24) is 25.3 Å². The van der Waals surface area contributed by atoms with Crippen molar-refractivity contribution in [3.05, 3.63) is 18.0 Å². The Morgan fingerprint density at radius 3 is 3.11 bits per heavy atom. The molecule has 0 bridgehead atoms. The van der Waals surface area contributed by atoms with E-state index < -0.39 is 0 Å². The van der Waals surface area contributed by atoms with Crippen molar-refractivity contribution in [3.63, 3.8) is 0 Å². The molecule has 6 nitrogen and oxygen atoms in total. The van der Waals surface area contributed by atoms with Crippen LogP contribution in [0.25, 0.3) is 0 Å². The number of nitrogens with zero attached hydrogens (tertiary/aromatic N) is 3. The summed E-state index contributed by atoms with van der Waals surface area (Å²) in [6.07, 6.45) is 3.96. The number of amides is 1. The maximum absolute atomic E-state index is 12.0. The van der Waals surface area contributed by atoms with Gasteiger partial charge in [-0.2, -0.15) is 5.10 Å². The zero-order valence-electron chi connectivity index (χ0n) is 11.9. The van der Waals surface area contributed by atoms with E-state index in [0.717, 1.165) is 25.2 Å². The Hall–Kier alpha value is -1.40. The molecule has 2 heterocycles. The number of rotatable bonds is 4. The van der Waals surface area contributed by atoms with Crippen LogP contribution in [0.2, 0.25) is 0 Å². The molecular weight excluding hydrogens is 242 g/mol. The van der Waals surface area contributed by atoms with Crippen LogP contribution in [0.15, 0.2) is 12.4 Å². The van der Waals surface area contributed by atoms with Gasteiger partial charge in [-0.3, -0.25) is 14.4 Å². The van der Waals surface area contributed by atoms with Gasteiger partial charge >= 0.3 is 0 Å². The summed E-state index contributed by atoms with van der Waals surface area (Å²) in [5, 5.41) is 10.3. The normalized spacial score (nSPS) is 22.2. The van der Waals surface area contributed by atoms with Crippen molar-refractivity contribution >= 4 is 5.91 Å². The van der Waals surface area contributed by atoms with Gasteiger partial charge in [0.15, 0.2) is 0 Å². The summed E-state index contributed by atoms with van der Waals surface area (Å²) in [5.41, 5.74) is 1.16. The first kappa shape index (κ1) is 14.0. The van der Waals surface area contributed by atoms with Crippen molar-refractivity contribution in [2.24, 2.45) is 0 Å². The highest BCUT2D eigenvalue weighted by Crippen LogP contribution is 2.23. The van der Waals surface area contributed by atoms with Crippen LogP contribution in [0.5, 0.6) is 0 Å². The molecular formula is C13H23N5O. The number of likely N-dealkylation sites (N-methyl/N-ethyl adjacent to an activating group) is 1. The van der Waals surface area contributed by atoms with Crippen LogP contribution in [0, 0.1) is 0 Å². The molecule has 1 amide bonds. The third kappa shape index (κ3) is 2.96. The van der Waals surface area contributed by atoms with Gasteiger partial charge in [0.1, 0.15) is 6.04 Å². The van der Waals surface area contributed by atoms with E-state index in [1.54, 1.807) is 7.05 Å². The predicted molar refractivity (Wildman–Crippen MR) is 73.7 cm³/mol. The minimum absolute atomic E-state index is 0.0712. The lowest BCUT2D eigenvalue weighted by molar-refractivity contribution is -0.127. The Kier molecular flexibility index (Phi) is 4.55. The maximum Gasteiger partial charge on any atom is 0.238 e. The number of hydrogen-bond donors (Lipinski definition) is 2. The first-order chi connectivity index (χ1) is 9.17. The zero-order valence-corrected chi connectivity index (χ0v) is 11.9. The van der Waals surface area contributed by atoms with Gasteiger partial charge in [-0.05, 0) is 13.8 Å². The quantitative estimate of drug-likeness (QED) is 0.803. The van der Waals surface area contributed by atoms with Crippen LogP contribution >= 0.6 is 0 Å².